The molecule has 0 aliphatic heterocycles. The number of fused-ring (bicyclic) bond motifs is 1. The lowest BCUT2D eigenvalue weighted by molar-refractivity contribution is 0.396. The lowest BCUT2D eigenvalue weighted by Crippen LogP contribution is -2.43. The van der Waals surface area contributed by atoms with Crippen LogP contribution >= 0.6 is 11.3 Å². The van der Waals surface area contributed by atoms with Crippen LogP contribution in [0.15, 0.2) is 36.7 Å². The van der Waals surface area contributed by atoms with Crippen molar-refractivity contribution in [1.82, 2.24) is 15.0 Å². The fourth-order valence-electron chi connectivity index (χ4n) is 2.78. The van der Waals surface area contributed by atoms with Crippen LogP contribution in [0.1, 0.15) is 12.8 Å². The van der Waals surface area contributed by atoms with E-state index in [0.29, 0.717) is 12.1 Å². The van der Waals surface area contributed by atoms with Gasteiger partial charge in [-0.05, 0) is 25.0 Å². The Morgan fingerprint density at radius 2 is 1.74 bits per heavy atom. The van der Waals surface area contributed by atoms with E-state index in [4.69, 9.17) is 0 Å². The summed E-state index contributed by atoms with van der Waals surface area (Å²) in [5.41, 5.74) is 1.06. The SMILES string of the molecule is CNc1nccnc1NC1CC(Nc2nc3ccccc3s2)C1. The van der Waals surface area contributed by atoms with Gasteiger partial charge < -0.3 is 16.0 Å². The second-order valence-corrected chi connectivity index (χ2v) is 6.67. The van der Waals surface area contributed by atoms with Gasteiger partial charge in [-0.1, -0.05) is 23.5 Å². The van der Waals surface area contributed by atoms with E-state index in [1.54, 1.807) is 23.7 Å². The molecule has 0 unspecified atom stereocenters. The van der Waals surface area contributed by atoms with E-state index in [2.05, 4.69) is 43.0 Å². The number of aromatic nitrogens is 3. The first-order valence-electron chi connectivity index (χ1n) is 7.69. The standard InChI is InChI=1S/C16H18N6S/c1-17-14-15(19-7-6-18-14)20-10-8-11(9-10)21-16-22-12-4-2-3-5-13(12)23-16/h2-7,10-11H,8-9H2,1H3,(H,17,18)(H,19,20)(H,21,22). The molecule has 3 aromatic rings. The highest BCUT2D eigenvalue weighted by Crippen LogP contribution is 2.31. The molecule has 1 aromatic carbocycles. The normalized spacial score (nSPS) is 20.0. The highest BCUT2D eigenvalue weighted by Gasteiger charge is 2.30. The Morgan fingerprint density at radius 1 is 1.00 bits per heavy atom. The zero-order valence-corrected chi connectivity index (χ0v) is 13.6. The Morgan fingerprint density at radius 3 is 2.52 bits per heavy atom. The number of benzene rings is 1. The van der Waals surface area contributed by atoms with Crippen molar-refractivity contribution in [2.75, 3.05) is 23.0 Å². The number of rotatable bonds is 5. The van der Waals surface area contributed by atoms with Crippen LogP contribution in [0.25, 0.3) is 10.2 Å². The van der Waals surface area contributed by atoms with Gasteiger partial charge in [0.15, 0.2) is 16.8 Å². The molecule has 1 aliphatic rings. The van der Waals surface area contributed by atoms with Gasteiger partial charge in [0.2, 0.25) is 0 Å². The molecule has 4 rings (SSSR count). The van der Waals surface area contributed by atoms with Gasteiger partial charge in [-0.2, -0.15) is 0 Å². The molecule has 6 nitrogen and oxygen atoms in total. The van der Waals surface area contributed by atoms with E-state index in [0.717, 1.165) is 35.1 Å². The van der Waals surface area contributed by atoms with Gasteiger partial charge in [0.25, 0.3) is 0 Å². The maximum Gasteiger partial charge on any atom is 0.184 e. The lowest BCUT2D eigenvalue weighted by atomic mass is 9.87. The Balaban J connectivity index is 1.34. The van der Waals surface area contributed by atoms with Crippen LogP contribution in [0.2, 0.25) is 0 Å². The summed E-state index contributed by atoms with van der Waals surface area (Å²) in [6.07, 6.45) is 5.50. The summed E-state index contributed by atoms with van der Waals surface area (Å²) in [5.74, 6) is 1.61. The Kier molecular flexibility index (Phi) is 3.70. The molecule has 0 atom stereocenters. The monoisotopic (exact) mass is 326 g/mol. The molecule has 0 saturated heterocycles. The second-order valence-electron chi connectivity index (χ2n) is 5.64. The van der Waals surface area contributed by atoms with Crippen molar-refractivity contribution in [3.8, 4) is 0 Å². The van der Waals surface area contributed by atoms with Crippen molar-refractivity contribution in [2.45, 2.75) is 24.9 Å². The van der Waals surface area contributed by atoms with Crippen LogP contribution in [-0.2, 0) is 0 Å². The molecule has 2 aromatic heterocycles. The number of hydrogen-bond donors (Lipinski definition) is 3. The van der Waals surface area contributed by atoms with Gasteiger partial charge in [-0.25, -0.2) is 15.0 Å². The minimum atomic E-state index is 0.422. The zero-order chi connectivity index (χ0) is 15.6. The molecule has 0 spiro atoms. The number of anilines is 3. The Labute approximate surface area is 138 Å². The summed E-state index contributed by atoms with van der Waals surface area (Å²) in [7, 11) is 1.85. The van der Waals surface area contributed by atoms with Gasteiger partial charge in [-0.3, -0.25) is 0 Å². The maximum atomic E-state index is 4.63. The number of nitrogens with one attached hydrogen (secondary N) is 3. The van der Waals surface area contributed by atoms with E-state index in [1.807, 2.05) is 19.2 Å². The molecular formula is C16H18N6S. The third-order valence-electron chi connectivity index (χ3n) is 4.04. The minimum Gasteiger partial charge on any atom is -0.370 e. The topological polar surface area (TPSA) is 74.8 Å². The van der Waals surface area contributed by atoms with Gasteiger partial charge in [-0.15, -0.1) is 0 Å². The summed E-state index contributed by atoms with van der Waals surface area (Å²) in [6.45, 7) is 0. The first-order chi connectivity index (χ1) is 11.3. The number of nitrogens with zero attached hydrogens (tertiary/aromatic N) is 3. The number of para-hydroxylation sites is 1. The van der Waals surface area contributed by atoms with Crippen LogP contribution in [0.4, 0.5) is 16.8 Å². The quantitative estimate of drug-likeness (QED) is 0.669. The summed E-state index contributed by atoms with van der Waals surface area (Å²) < 4.78 is 1.22. The van der Waals surface area contributed by atoms with Crippen LogP contribution in [0.3, 0.4) is 0 Å². The third kappa shape index (κ3) is 2.92. The molecule has 0 amide bonds. The predicted octanol–water partition coefficient (Wildman–Crippen LogP) is 3.18. The summed E-state index contributed by atoms with van der Waals surface area (Å²) >= 11 is 1.71. The van der Waals surface area contributed by atoms with E-state index < -0.39 is 0 Å². The van der Waals surface area contributed by atoms with Gasteiger partial charge in [0.05, 0.1) is 10.2 Å². The van der Waals surface area contributed by atoms with Crippen LogP contribution in [0, 0.1) is 0 Å². The summed E-state index contributed by atoms with van der Waals surface area (Å²) in [4.78, 5) is 13.2. The fraction of sp³-hybridized carbons (Fsp3) is 0.312. The summed E-state index contributed by atoms with van der Waals surface area (Å²) in [6, 6.07) is 9.11. The molecule has 7 heteroatoms. The van der Waals surface area contributed by atoms with Crippen molar-refractivity contribution in [3.05, 3.63) is 36.7 Å². The van der Waals surface area contributed by atoms with E-state index in [1.165, 1.54) is 4.70 Å². The summed E-state index contributed by atoms with van der Waals surface area (Å²) in [5, 5.41) is 11.0. The molecule has 23 heavy (non-hydrogen) atoms. The van der Waals surface area contributed by atoms with E-state index in [9.17, 15) is 0 Å². The first-order valence-corrected chi connectivity index (χ1v) is 8.51. The molecule has 0 radical (unpaired) electrons. The van der Waals surface area contributed by atoms with E-state index in [-0.39, 0.29) is 0 Å². The van der Waals surface area contributed by atoms with Crippen LogP contribution in [0.5, 0.6) is 0 Å². The molecule has 2 heterocycles. The maximum absolute atomic E-state index is 4.63. The van der Waals surface area contributed by atoms with Crippen LogP contribution < -0.4 is 16.0 Å². The van der Waals surface area contributed by atoms with Gasteiger partial charge >= 0.3 is 0 Å². The van der Waals surface area contributed by atoms with Gasteiger partial charge in [0.1, 0.15) is 0 Å². The lowest BCUT2D eigenvalue weighted by Gasteiger charge is -2.36. The average Bonchev–Trinajstić information content (AvgIpc) is 2.95. The molecule has 1 aliphatic carbocycles. The molecule has 118 valence electrons. The number of hydrogen-bond acceptors (Lipinski definition) is 7. The number of thiazole rings is 1. The molecule has 1 fully saturated rings. The smallest absolute Gasteiger partial charge is 0.184 e. The average molecular weight is 326 g/mol. The predicted molar refractivity (Wildman–Crippen MR) is 95.3 cm³/mol. The van der Waals surface area contributed by atoms with Crippen molar-refractivity contribution >= 4 is 38.3 Å². The molecule has 0 bridgehead atoms. The third-order valence-corrected chi connectivity index (χ3v) is 5.00. The first kappa shape index (κ1) is 14.2. The van der Waals surface area contributed by atoms with Gasteiger partial charge in [0, 0.05) is 31.5 Å². The Bertz CT molecular complexity index is 778. The fourth-order valence-corrected chi connectivity index (χ4v) is 3.72. The van der Waals surface area contributed by atoms with Crippen molar-refractivity contribution in [1.29, 1.82) is 0 Å². The van der Waals surface area contributed by atoms with E-state index >= 15 is 0 Å². The minimum absolute atomic E-state index is 0.422. The zero-order valence-electron chi connectivity index (χ0n) is 12.8. The van der Waals surface area contributed by atoms with Crippen LogP contribution in [-0.4, -0.2) is 34.1 Å². The molecule has 3 N–H and O–H groups in total. The van der Waals surface area contributed by atoms with Crippen molar-refractivity contribution in [3.63, 3.8) is 0 Å². The van der Waals surface area contributed by atoms with Crippen molar-refractivity contribution in [2.24, 2.45) is 0 Å². The molecular weight excluding hydrogens is 308 g/mol. The largest absolute Gasteiger partial charge is 0.370 e. The highest BCUT2D eigenvalue weighted by molar-refractivity contribution is 7.22. The Hall–Kier alpha value is -2.41. The van der Waals surface area contributed by atoms with Crippen molar-refractivity contribution < 1.29 is 0 Å². The second kappa shape index (κ2) is 6.00. The highest BCUT2D eigenvalue weighted by atomic mass is 32.1. The molecule has 1 saturated carbocycles.